The van der Waals surface area contributed by atoms with Crippen LogP contribution in [0, 0.1) is 0 Å². The minimum Gasteiger partial charge on any atom is -0.477 e. The molecule has 4 heteroatoms. The highest BCUT2D eigenvalue weighted by Crippen LogP contribution is 2.25. The van der Waals surface area contributed by atoms with Crippen molar-refractivity contribution in [2.75, 3.05) is 13.2 Å². The van der Waals surface area contributed by atoms with Crippen LogP contribution in [0.1, 0.15) is 56.3 Å². The number of aromatic nitrogens is 1. The molecule has 4 nitrogen and oxygen atoms in total. The van der Waals surface area contributed by atoms with Crippen molar-refractivity contribution in [1.82, 2.24) is 9.88 Å². The van der Waals surface area contributed by atoms with Gasteiger partial charge in [0, 0.05) is 18.8 Å². The van der Waals surface area contributed by atoms with E-state index < -0.39 is 0 Å². The highest BCUT2D eigenvalue weighted by Gasteiger charge is 2.27. The van der Waals surface area contributed by atoms with E-state index in [0.29, 0.717) is 24.1 Å². The molecule has 0 spiro atoms. The van der Waals surface area contributed by atoms with E-state index in [-0.39, 0.29) is 5.91 Å². The van der Waals surface area contributed by atoms with Gasteiger partial charge in [-0.1, -0.05) is 19.3 Å². The van der Waals surface area contributed by atoms with Gasteiger partial charge in [0.2, 0.25) is 5.88 Å². The zero-order valence-corrected chi connectivity index (χ0v) is 12.5. The molecule has 0 unspecified atom stereocenters. The van der Waals surface area contributed by atoms with Crippen molar-refractivity contribution in [3.63, 3.8) is 0 Å². The average molecular weight is 276 g/mol. The van der Waals surface area contributed by atoms with Crippen molar-refractivity contribution < 1.29 is 9.53 Å². The minimum atomic E-state index is 0.0518. The predicted molar refractivity (Wildman–Crippen MR) is 79.0 cm³/mol. The van der Waals surface area contributed by atoms with Crippen molar-refractivity contribution >= 4 is 5.91 Å². The monoisotopic (exact) mass is 276 g/mol. The van der Waals surface area contributed by atoms with Gasteiger partial charge >= 0.3 is 0 Å². The molecule has 0 saturated heterocycles. The van der Waals surface area contributed by atoms with Crippen LogP contribution in [0.4, 0.5) is 0 Å². The van der Waals surface area contributed by atoms with E-state index in [2.05, 4.69) is 4.98 Å². The summed E-state index contributed by atoms with van der Waals surface area (Å²) >= 11 is 0. The van der Waals surface area contributed by atoms with Crippen molar-refractivity contribution in [1.29, 1.82) is 0 Å². The molecule has 1 aliphatic rings. The van der Waals surface area contributed by atoms with E-state index in [9.17, 15) is 4.79 Å². The van der Waals surface area contributed by atoms with Gasteiger partial charge in [-0.2, -0.15) is 0 Å². The molecule has 1 aromatic heterocycles. The summed E-state index contributed by atoms with van der Waals surface area (Å²) in [5.74, 6) is 0.505. The molecule has 0 aromatic carbocycles. The van der Waals surface area contributed by atoms with Gasteiger partial charge in [0.15, 0.2) is 0 Å². The third kappa shape index (κ3) is 3.30. The third-order valence-corrected chi connectivity index (χ3v) is 3.90. The summed E-state index contributed by atoms with van der Waals surface area (Å²) in [5.41, 5.74) is 0.585. The second-order valence-corrected chi connectivity index (χ2v) is 5.17. The standard InChI is InChI=1S/C16H24N2O2/c1-3-18(13-9-6-5-7-10-13)16(19)14-11-8-12-17-15(14)20-4-2/h8,11-13H,3-7,9-10H2,1-2H3. The maximum atomic E-state index is 12.8. The van der Waals surface area contributed by atoms with Gasteiger partial charge in [0.05, 0.1) is 6.61 Å². The molecule has 20 heavy (non-hydrogen) atoms. The Balaban J connectivity index is 2.19. The van der Waals surface area contributed by atoms with Crippen LogP contribution in [0.3, 0.4) is 0 Å². The van der Waals surface area contributed by atoms with Gasteiger partial charge in [0.25, 0.3) is 5.91 Å². The van der Waals surface area contributed by atoms with Gasteiger partial charge < -0.3 is 9.64 Å². The summed E-state index contributed by atoms with van der Waals surface area (Å²) in [6, 6.07) is 3.98. The number of carbonyl (C=O) groups excluding carboxylic acids is 1. The molecular weight excluding hydrogens is 252 g/mol. The Morgan fingerprint density at radius 2 is 2.10 bits per heavy atom. The molecule has 1 aromatic rings. The fourth-order valence-electron chi connectivity index (χ4n) is 2.92. The number of carbonyl (C=O) groups is 1. The van der Waals surface area contributed by atoms with E-state index >= 15 is 0 Å². The average Bonchev–Trinajstić information content (AvgIpc) is 2.50. The molecule has 1 aliphatic carbocycles. The Morgan fingerprint density at radius 1 is 1.35 bits per heavy atom. The Hall–Kier alpha value is -1.58. The summed E-state index contributed by atoms with van der Waals surface area (Å²) in [7, 11) is 0. The molecule has 0 radical (unpaired) electrons. The molecule has 110 valence electrons. The highest BCUT2D eigenvalue weighted by atomic mass is 16.5. The van der Waals surface area contributed by atoms with Crippen molar-refractivity contribution in [3.05, 3.63) is 23.9 Å². The lowest BCUT2D eigenvalue weighted by molar-refractivity contribution is 0.0643. The lowest BCUT2D eigenvalue weighted by atomic mass is 9.94. The Morgan fingerprint density at radius 3 is 2.75 bits per heavy atom. The highest BCUT2D eigenvalue weighted by molar-refractivity contribution is 5.96. The summed E-state index contributed by atoms with van der Waals surface area (Å²) < 4.78 is 5.48. The topological polar surface area (TPSA) is 42.4 Å². The van der Waals surface area contributed by atoms with E-state index in [4.69, 9.17) is 4.74 Å². The van der Waals surface area contributed by atoms with Crippen LogP contribution in [-0.4, -0.2) is 35.0 Å². The number of amides is 1. The number of nitrogens with zero attached hydrogens (tertiary/aromatic N) is 2. The first kappa shape index (κ1) is 14.8. The molecule has 0 aliphatic heterocycles. The largest absolute Gasteiger partial charge is 0.477 e. The normalized spacial score (nSPS) is 15.9. The number of rotatable bonds is 5. The van der Waals surface area contributed by atoms with Gasteiger partial charge in [0.1, 0.15) is 5.56 Å². The summed E-state index contributed by atoms with van der Waals surface area (Å²) in [5, 5.41) is 0. The third-order valence-electron chi connectivity index (χ3n) is 3.90. The van der Waals surface area contributed by atoms with Crippen LogP contribution in [-0.2, 0) is 0 Å². The van der Waals surface area contributed by atoms with Crippen molar-refractivity contribution in [2.45, 2.75) is 52.0 Å². The van der Waals surface area contributed by atoms with Crippen LogP contribution >= 0.6 is 0 Å². The molecule has 0 N–H and O–H groups in total. The zero-order chi connectivity index (χ0) is 14.4. The first-order valence-corrected chi connectivity index (χ1v) is 7.66. The van der Waals surface area contributed by atoms with Crippen molar-refractivity contribution in [3.8, 4) is 5.88 Å². The molecule has 1 amide bonds. The second kappa shape index (κ2) is 7.27. The second-order valence-electron chi connectivity index (χ2n) is 5.17. The van der Waals surface area contributed by atoms with E-state index in [1.807, 2.05) is 24.8 Å². The summed E-state index contributed by atoms with van der Waals surface area (Å²) in [6.45, 7) is 5.21. The number of pyridine rings is 1. The van der Waals surface area contributed by atoms with Crippen molar-refractivity contribution in [2.24, 2.45) is 0 Å². The molecule has 1 fully saturated rings. The zero-order valence-electron chi connectivity index (χ0n) is 12.5. The summed E-state index contributed by atoms with van der Waals surface area (Å²) in [6.07, 6.45) is 7.63. The van der Waals surface area contributed by atoms with E-state index in [1.165, 1.54) is 19.3 Å². The smallest absolute Gasteiger partial charge is 0.259 e. The van der Waals surface area contributed by atoms with Gasteiger partial charge in [-0.15, -0.1) is 0 Å². The molecule has 1 saturated carbocycles. The Kier molecular flexibility index (Phi) is 5.39. The Labute approximate surface area is 121 Å². The number of hydrogen-bond acceptors (Lipinski definition) is 3. The van der Waals surface area contributed by atoms with E-state index in [0.717, 1.165) is 19.4 Å². The molecular formula is C16H24N2O2. The quantitative estimate of drug-likeness (QED) is 0.829. The fourth-order valence-corrected chi connectivity index (χ4v) is 2.92. The lowest BCUT2D eigenvalue weighted by Gasteiger charge is -2.33. The molecule has 0 atom stereocenters. The maximum absolute atomic E-state index is 12.8. The van der Waals surface area contributed by atoms with E-state index in [1.54, 1.807) is 12.3 Å². The van der Waals surface area contributed by atoms with Gasteiger partial charge in [-0.3, -0.25) is 4.79 Å². The summed E-state index contributed by atoms with van der Waals surface area (Å²) in [4.78, 5) is 18.9. The lowest BCUT2D eigenvalue weighted by Crippen LogP contribution is -2.41. The first-order chi connectivity index (χ1) is 9.77. The molecule has 1 heterocycles. The fraction of sp³-hybridized carbons (Fsp3) is 0.625. The van der Waals surface area contributed by atoms with Crippen LogP contribution in [0.5, 0.6) is 5.88 Å². The van der Waals surface area contributed by atoms with Gasteiger partial charge in [-0.25, -0.2) is 4.98 Å². The minimum absolute atomic E-state index is 0.0518. The van der Waals surface area contributed by atoms with Crippen LogP contribution < -0.4 is 4.74 Å². The number of ether oxygens (including phenoxy) is 1. The molecule has 2 rings (SSSR count). The first-order valence-electron chi connectivity index (χ1n) is 7.66. The maximum Gasteiger partial charge on any atom is 0.259 e. The van der Waals surface area contributed by atoms with Crippen LogP contribution in [0.15, 0.2) is 18.3 Å². The number of hydrogen-bond donors (Lipinski definition) is 0. The van der Waals surface area contributed by atoms with Gasteiger partial charge in [-0.05, 0) is 38.8 Å². The van der Waals surface area contributed by atoms with Crippen LogP contribution in [0.25, 0.3) is 0 Å². The molecule has 0 bridgehead atoms. The Bertz CT molecular complexity index is 442. The predicted octanol–water partition coefficient (Wildman–Crippen LogP) is 3.28. The van der Waals surface area contributed by atoms with Crippen LogP contribution in [0.2, 0.25) is 0 Å². The SMILES string of the molecule is CCOc1ncccc1C(=O)N(CC)C1CCCCC1.